The van der Waals surface area contributed by atoms with Crippen molar-refractivity contribution in [3.8, 4) is 0 Å². The number of carboxylic acids is 1. The highest BCUT2D eigenvalue weighted by atomic mass is 79.9. The summed E-state index contributed by atoms with van der Waals surface area (Å²) in [7, 11) is 0. The topological polar surface area (TPSA) is 40.5 Å². The molecule has 1 N–H and O–H groups in total. The summed E-state index contributed by atoms with van der Waals surface area (Å²) in [5.74, 6) is -0.975. The molecule has 1 aliphatic heterocycles. The first-order valence-electron chi connectivity index (χ1n) is 8.13. The van der Waals surface area contributed by atoms with E-state index in [1.807, 2.05) is 24.3 Å². The van der Waals surface area contributed by atoms with Crippen LogP contribution in [0.15, 0.2) is 46.9 Å². The van der Waals surface area contributed by atoms with Crippen LogP contribution in [0.3, 0.4) is 0 Å². The SMILES string of the molecule is O=C(O)C1CCN(C(c2ccc(Br)cc2)c2cccc(Cl)c2Cl)CC1. The number of rotatable bonds is 4. The normalized spacial score (nSPS) is 17.4. The van der Waals surface area contributed by atoms with E-state index in [0.717, 1.165) is 15.6 Å². The van der Waals surface area contributed by atoms with Crippen molar-refractivity contribution in [2.75, 3.05) is 13.1 Å². The molecule has 0 aromatic heterocycles. The first-order valence-corrected chi connectivity index (χ1v) is 9.68. The van der Waals surface area contributed by atoms with Crippen LogP contribution >= 0.6 is 39.1 Å². The highest BCUT2D eigenvalue weighted by Crippen LogP contribution is 2.38. The molecule has 132 valence electrons. The zero-order chi connectivity index (χ0) is 18.0. The van der Waals surface area contributed by atoms with Crippen molar-refractivity contribution < 1.29 is 9.90 Å². The third kappa shape index (κ3) is 4.20. The number of nitrogens with zero attached hydrogens (tertiary/aromatic N) is 1. The first kappa shape index (κ1) is 18.7. The van der Waals surface area contributed by atoms with Gasteiger partial charge in [-0.1, -0.05) is 63.4 Å². The number of piperidine rings is 1. The van der Waals surface area contributed by atoms with Crippen molar-refractivity contribution in [2.45, 2.75) is 18.9 Å². The molecular weight excluding hydrogens is 425 g/mol. The van der Waals surface area contributed by atoms with Crippen molar-refractivity contribution in [1.82, 2.24) is 4.90 Å². The van der Waals surface area contributed by atoms with Crippen molar-refractivity contribution >= 4 is 45.1 Å². The summed E-state index contributed by atoms with van der Waals surface area (Å²) in [5, 5.41) is 10.3. The lowest BCUT2D eigenvalue weighted by atomic mass is 9.91. The smallest absolute Gasteiger partial charge is 0.306 e. The molecule has 1 unspecified atom stereocenters. The quantitative estimate of drug-likeness (QED) is 0.665. The van der Waals surface area contributed by atoms with Gasteiger partial charge in [0.05, 0.1) is 22.0 Å². The van der Waals surface area contributed by atoms with Gasteiger partial charge in [0, 0.05) is 4.47 Å². The highest BCUT2D eigenvalue weighted by molar-refractivity contribution is 9.10. The van der Waals surface area contributed by atoms with Crippen LogP contribution in [0.5, 0.6) is 0 Å². The molecular formula is C19H18BrCl2NO2. The van der Waals surface area contributed by atoms with Crippen molar-refractivity contribution in [1.29, 1.82) is 0 Å². The molecule has 0 aliphatic carbocycles. The highest BCUT2D eigenvalue weighted by Gasteiger charge is 2.31. The molecule has 1 aliphatic rings. The maximum Gasteiger partial charge on any atom is 0.306 e. The van der Waals surface area contributed by atoms with Gasteiger partial charge in [0.1, 0.15) is 0 Å². The molecule has 3 rings (SSSR count). The predicted molar refractivity (Wildman–Crippen MR) is 104 cm³/mol. The summed E-state index contributed by atoms with van der Waals surface area (Å²) < 4.78 is 1.01. The van der Waals surface area contributed by atoms with Crippen LogP contribution in [0.4, 0.5) is 0 Å². The van der Waals surface area contributed by atoms with E-state index >= 15 is 0 Å². The summed E-state index contributed by atoms with van der Waals surface area (Å²) >= 11 is 16.2. The average molecular weight is 443 g/mol. The van der Waals surface area contributed by atoms with E-state index in [0.29, 0.717) is 36.0 Å². The Kier molecular flexibility index (Phi) is 6.05. The molecule has 0 amide bonds. The average Bonchev–Trinajstić information content (AvgIpc) is 2.61. The maximum absolute atomic E-state index is 11.2. The molecule has 0 bridgehead atoms. The molecule has 1 saturated heterocycles. The Labute approximate surface area is 165 Å². The second-order valence-electron chi connectivity index (χ2n) is 6.25. The monoisotopic (exact) mass is 441 g/mol. The Morgan fingerprint density at radius 3 is 2.36 bits per heavy atom. The van der Waals surface area contributed by atoms with E-state index in [1.165, 1.54) is 0 Å². The Morgan fingerprint density at radius 1 is 1.12 bits per heavy atom. The largest absolute Gasteiger partial charge is 0.481 e. The van der Waals surface area contributed by atoms with E-state index in [4.69, 9.17) is 23.2 Å². The Hall–Kier alpha value is -1.07. The van der Waals surface area contributed by atoms with Gasteiger partial charge in [-0.25, -0.2) is 0 Å². The standard InChI is InChI=1S/C19H18BrCl2NO2/c20-14-6-4-12(5-7-14)18(15-2-1-3-16(21)17(15)22)23-10-8-13(9-11-23)19(24)25/h1-7,13,18H,8-11H2,(H,24,25). The van der Waals surface area contributed by atoms with Gasteiger partial charge in [-0.05, 0) is 55.3 Å². The molecule has 25 heavy (non-hydrogen) atoms. The minimum absolute atomic E-state index is 0.0472. The third-order valence-corrected chi connectivity index (χ3v) is 6.07. The maximum atomic E-state index is 11.2. The summed E-state index contributed by atoms with van der Waals surface area (Å²) in [6.07, 6.45) is 1.28. The van der Waals surface area contributed by atoms with Gasteiger partial charge in [0.25, 0.3) is 0 Å². The molecule has 0 saturated carbocycles. The number of carbonyl (C=O) groups is 1. The minimum atomic E-state index is -0.708. The number of carboxylic acid groups (broad SMARTS) is 1. The Balaban J connectivity index is 1.97. The molecule has 0 radical (unpaired) electrons. The number of hydrogen-bond donors (Lipinski definition) is 1. The van der Waals surface area contributed by atoms with Gasteiger partial charge in [0.2, 0.25) is 0 Å². The number of aliphatic carboxylic acids is 1. The number of likely N-dealkylation sites (tertiary alicyclic amines) is 1. The van der Waals surface area contributed by atoms with Crippen LogP contribution in [0.25, 0.3) is 0 Å². The second-order valence-corrected chi connectivity index (χ2v) is 7.95. The van der Waals surface area contributed by atoms with Crippen LogP contribution in [-0.4, -0.2) is 29.1 Å². The van der Waals surface area contributed by atoms with Crippen LogP contribution in [-0.2, 0) is 4.79 Å². The molecule has 2 aromatic carbocycles. The molecule has 0 spiro atoms. The lowest BCUT2D eigenvalue weighted by molar-refractivity contribution is -0.143. The minimum Gasteiger partial charge on any atom is -0.481 e. The fourth-order valence-electron chi connectivity index (χ4n) is 3.37. The molecule has 1 heterocycles. The Morgan fingerprint density at radius 2 is 1.76 bits per heavy atom. The van der Waals surface area contributed by atoms with E-state index < -0.39 is 5.97 Å². The van der Waals surface area contributed by atoms with Crippen LogP contribution in [0.1, 0.15) is 30.0 Å². The third-order valence-electron chi connectivity index (χ3n) is 4.71. The summed E-state index contributed by atoms with van der Waals surface area (Å²) in [4.78, 5) is 13.5. The second kappa shape index (κ2) is 8.09. The van der Waals surface area contributed by atoms with Gasteiger partial charge < -0.3 is 5.11 Å². The lowest BCUT2D eigenvalue weighted by Crippen LogP contribution is -2.39. The molecule has 2 aromatic rings. The summed E-state index contributed by atoms with van der Waals surface area (Å²) in [6, 6.07) is 13.8. The zero-order valence-corrected chi connectivity index (χ0v) is 16.6. The molecule has 6 heteroatoms. The summed E-state index contributed by atoms with van der Waals surface area (Å²) in [5.41, 5.74) is 2.06. The van der Waals surface area contributed by atoms with Crippen molar-refractivity contribution in [2.24, 2.45) is 5.92 Å². The predicted octanol–water partition coefficient (Wildman–Crippen LogP) is 5.64. The fraction of sp³-hybridized carbons (Fsp3) is 0.316. The van der Waals surface area contributed by atoms with Gasteiger partial charge in [-0.2, -0.15) is 0 Å². The van der Waals surface area contributed by atoms with Crippen LogP contribution in [0.2, 0.25) is 10.0 Å². The summed E-state index contributed by atoms with van der Waals surface area (Å²) in [6.45, 7) is 1.42. The van der Waals surface area contributed by atoms with E-state index in [1.54, 1.807) is 6.07 Å². The number of benzene rings is 2. The van der Waals surface area contributed by atoms with Crippen molar-refractivity contribution in [3.05, 3.63) is 68.1 Å². The van der Waals surface area contributed by atoms with E-state index in [2.05, 4.69) is 33.0 Å². The molecule has 1 atom stereocenters. The Bertz CT molecular complexity index is 759. The van der Waals surface area contributed by atoms with E-state index in [-0.39, 0.29) is 12.0 Å². The van der Waals surface area contributed by atoms with Crippen molar-refractivity contribution in [3.63, 3.8) is 0 Å². The lowest BCUT2D eigenvalue weighted by Gasteiger charge is -2.37. The fourth-order valence-corrected chi connectivity index (χ4v) is 4.04. The first-order chi connectivity index (χ1) is 12.0. The van der Waals surface area contributed by atoms with Gasteiger partial charge in [0.15, 0.2) is 0 Å². The van der Waals surface area contributed by atoms with Gasteiger partial charge >= 0.3 is 5.97 Å². The van der Waals surface area contributed by atoms with E-state index in [9.17, 15) is 9.90 Å². The molecule has 3 nitrogen and oxygen atoms in total. The number of hydrogen-bond acceptors (Lipinski definition) is 2. The van der Waals surface area contributed by atoms with Gasteiger partial charge in [-0.15, -0.1) is 0 Å². The number of halogens is 3. The van der Waals surface area contributed by atoms with Gasteiger partial charge in [-0.3, -0.25) is 9.69 Å². The van der Waals surface area contributed by atoms with Crippen LogP contribution in [0, 0.1) is 5.92 Å². The molecule has 1 fully saturated rings. The van der Waals surface area contributed by atoms with Crippen LogP contribution < -0.4 is 0 Å². The zero-order valence-electron chi connectivity index (χ0n) is 13.5.